The predicted molar refractivity (Wildman–Crippen MR) is 85.8 cm³/mol. The van der Waals surface area contributed by atoms with Crippen LogP contribution in [0.1, 0.15) is 27.8 Å². The first-order chi connectivity index (χ1) is 9.86. The molecule has 1 N–H and O–H groups in total. The van der Waals surface area contributed by atoms with Crippen LogP contribution < -0.4 is 5.32 Å². The van der Waals surface area contributed by atoms with Gasteiger partial charge in [-0.25, -0.2) is 0 Å². The molecule has 0 heterocycles. The van der Waals surface area contributed by atoms with Gasteiger partial charge in [0.05, 0.1) is 4.92 Å². The Morgan fingerprint density at radius 2 is 1.52 bits per heavy atom. The number of anilines is 1. The highest BCUT2D eigenvalue weighted by molar-refractivity contribution is 5.64. The number of nitro benzene ring substituents is 1. The summed E-state index contributed by atoms with van der Waals surface area (Å²) in [6.45, 7) is 8.52. The molecule has 0 fully saturated rings. The van der Waals surface area contributed by atoms with E-state index in [0.29, 0.717) is 12.2 Å². The third-order valence-electron chi connectivity index (χ3n) is 3.57. The normalized spacial score (nSPS) is 10.5. The minimum atomic E-state index is -0.337. The molecule has 2 aromatic rings. The fourth-order valence-electron chi connectivity index (χ4n) is 2.46. The highest BCUT2D eigenvalue weighted by atomic mass is 16.6. The molecule has 0 atom stereocenters. The van der Waals surface area contributed by atoms with Crippen LogP contribution in [0, 0.1) is 37.8 Å². The van der Waals surface area contributed by atoms with Crippen molar-refractivity contribution < 1.29 is 4.92 Å². The van der Waals surface area contributed by atoms with E-state index in [9.17, 15) is 10.1 Å². The van der Waals surface area contributed by atoms with Crippen molar-refractivity contribution in [2.45, 2.75) is 34.2 Å². The number of nitro groups is 1. The van der Waals surface area contributed by atoms with Crippen molar-refractivity contribution in [3.8, 4) is 0 Å². The summed E-state index contributed by atoms with van der Waals surface area (Å²) in [5.41, 5.74) is 6.19. The summed E-state index contributed by atoms with van der Waals surface area (Å²) in [4.78, 5) is 10.8. The first-order valence-corrected chi connectivity index (χ1v) is 6.93. The molecule has 0 spiro atoms. The lowest BCUT2D eigenvalue weighted by Gasteiger charge is -2.11. The lowest BCUT2D eigenvalue weighted by Crippen LogP contribution is -2.04. The van der Waals surface area contributed by atoms with Crippen LogP contribution in [0.2, 0.25) is 0 Å². The van der Waals surface area contributed by atoms with E-state index < -0.39 is 0 Å². The molecule has 0 amide bonds. The fourth-order valence-corrected chi connectivity index (χ4v) is 2.46. The van der Waals surface area contributed by atoms with Gasteiger partial charge >= 0.3 is 0 Å². The van der Waals surface area contributed by atoms with Crippen LogP contribution in [0.5, 0.6) is 0 Å². The van der Waals surface area contributed by atoms with Crippen molar-refractivity contribution in [2.24, 2.45) is 0 Å². The summed E-state index contributed by atoms with van der Waals surface area (Å²) in [6.07, 6.45) is 0. The molecule has 0 bridgehead atoms. The molecule has 0 aliphatic heterocycles. The maximum Gasteiger partial charge on any atom is 0.292 e. The topological polar surface area (TPSA) is 55.2 Å². The average molecular weight is 284 g/mol. The van der Waals surface area contributed by atoms with Gasteiger partial charge < -0.3 is 5.32 Å². The van der Waals surface area contributed by atoms with Crippen LogP contribution >= 0.6 is 0 Å². The van der Waals surface area contributed by atoms with Crippen molar-refractivity contribution >= 4 is 11.4 Å². The van der Waals surface area contributed by atoms with Crippen molar-refractivity contribution in [1.82, 2.24) is 0 Å². The van der Waals surface area contributed by atoms with E-state index >= 15 is 0 Å². The Balaban J connectivity index is 2.27. The molecule has 0 aromatic heterocycles. The highest BCUT2D eigenvalue weighted by Crippen LogP contribution is 2.28. The van der Waals surface area contributed by atoms with E-state index in [1.165, 1.54) is 11.1 Å². The van der Waals surface area contributed by atoms with Gasteiger partial charge in [-0.3, -0.25) is 10.1 Å². The zero-order valence-corrected chi connectivity index (χ0v) is 12.9. The molecule has 2 rings (SSSR count). The standard InChI is InChI=1S/C17H20N2O2/c1-11-5-12(2)7-15(6-11)10-18-16-8-13(3)14(4)9-17(16)19(20)21/h5-9,18H,10H2,1-4H3. The minimum Gasteiger partial charge on any atom is -0.375 e. The molecule has 4 nitrogen and oxygen atoms in total. The molecule has 110 valence electrons. The van der Waals surface area contributed by atoms with E-state index in [0.717, 1.165) is 16.7 Å². The van der Waals surface area contributed by atoms with Gasteiger partial charge in [0, 0.05) is 12.6 Å². The summed E-state index contributed by atoms with van der Waals surface area (Å²) >= 11 is 0. The van der Waals surface area contributed by atoms with E-state index in [2.05, 4.69) is 37.4 Å². The zero-order chi connectivity index (χ0) is 15.6. The Bertz CT molecular complexity index is 673. The third-order valence-corrected chi connectivity index (χ3v) is 3.57. The van der Waals surface area contributed by atoms with E-state index in [-0.39, 0.29) is 10.6 Å². The first-order valence-electron chi connectivity index (χ1n) is 6.93. The van der Waals surface area contributed by atoms with Crippen molar-refractivity contribution in [1.29, 1.82) is 0 Å². The van der Waals surface area contributed by atoms with E-state index in [1.807, 2.05) is 19.9 Å². The van der Waals surface area contributed by atoms with Gasteiger partial charge in [0.25, 0.3) is 5.69 Å². The Kier molecular flexibility index (Phi) is 4.26. The molecule has 0 radical (unpaired) electrons. The van der Waals surface area contributed by atoms with Gasteiger partial charge in [0.1, 0.15) is 5.69 Å². The van der Waals surface area contributed by atoms with Gasteiger partial charge in [-0.05, 0) is 50.5 Å². The smallest absolute Gasteiger partial charge is 0.292 e. The number of benzene rings is 2. The Morgan fingerprint density at radius 1 is 0.952 bits per heavy atom. The average Bonchev–Trinajstić information content (AvgIpc) is 2.38. The summed E-state index contributed by atoms with van der Waals surface area (Å²) < 4.78 is 0. The maximum absolute atomic E-state index is 11.2. The Hall–Kier alpha value is -2.36. The summed E-state index contributed by atoms with van der Waals surface area (Å²) in [6, 6.07) is 9.76. The van der Waals surface area contributed by atoms with Crippen molar-refractivity contribution in [3.05, 3.63) is 68.3 Å². The SMILES string of the molecule is Cc1cc(C)cc(CNc2cc(C)c(C)cc2[N+](=O)[O-])c1. The second-order valence-corrected chi connectivity index (χ2v) is 5.56. The second-order valence-electron chi connectivity index (χ2n) is 5.56. The molecule has 21 heavy (non-hydrogen) atoms. The van der Waals surface area contributed by atoms with Crippen LogP contribution in [-0.2, 0) is 6.54 Å². The van der Waals surface area contributed by atoms with Crippen LogP contribution in [0.4, 0.5) is 11.4 Å². The van der Waals surface area contributed by atoms with Crippen LogP contribution in [-0.4, -0.2) is 4.92 Å². The summed E-state index contributed by atoms with van der Waals surface area (Å²) in [5, 5.41) is 14.4. The number of rotatable bonds is 4. The van der Waals surface area contributed by atoms with Crippen molar-refractivity contribution in [2.75, 3.05) is 5.32 Å². The van der Waals surface area contributed by atoms with E-state index in [4.69, 9.17) is 0 Å². The number of hydrogen-bond acceptors (Lipinski definition) is 3. The molecular weight excluding hydrogens is 264 g/mol. The van der Waals surface area contributed by atoms with E-state index in [1.54, 1.807) is 6.07 Å². The molecule has 2 aromatic carbocycles. The minimum absolute atomic E-state index is 0.127. The quantitative estimate of drug-likeness (QED) is 0.667. The van der Waals surface area contributed by atoms with Gasteiger partial charge in [-0.2, -0.15) is 0 Å². The largest absolute Gasteiger partial charge is 0.375 e. The monoisotopic (exact) mass is 284 g/mol. The zero-order valence-electron chi connectivity index (χ0n) is 12.9. The van der Waals surface area contributed by atoms with Crippen molar-refractivity contribution in [3.63, 3.8) is 0 Å². The molecule has 0 unspecified atom stereocenters. The lowest BCUT2D eigenvalue weighted by atomic mass is 10.1. The van der Waals surface area contributed by atoms with Crippen LogP contribution in [0.15, 0.2) is 30.3 Å². The molecule has 0 saturated heterocycles. The number of hydrogen-bond donors (Lipinski definition) is 1. The third kappa shape index (κ3) is 3.60. The Morgan fingerprint density at radius 3 is 2.10 bits per heavy atom. The number of aryl methyl sites for hydroxylation is 4. The first kappa shape index (κ1) is 15.0. The number of nitrogens with zero attached hydrogens (tertiary/aromatic N) is 1. The lowest BCUT2D eigenvalue weighted by molar-refractivity contribution is -0.384. The van der Waals surface area contributed by atoms with Gasteiger partial charge in [-0.15, -0.1) is 0 Å². The van der Waals surface area contributed by atoms with Gasteiger partial charge in [-0.1, -0.05) is 29.3 Å². The van der Waals surface area contributed by atoms with Crippen LogP contribution in [0.3, 0.4) is 0 Å². The predicted octanol–water partition coefficient (Wildman–Crippen LogP) is 4.44. The Labute approximate surface area is 125 Å². The molecular formula is C17H20N2O2. The van der Waals surface area contributed by atoms with Gasteiger partial charge in [0.15, 0.2) is 0 Å². The van der Waals surface area contributed by atoms with Gasteiger partial charge in [0.2, 0.25) is 0 Å². The molecule has 0 saturated carbocycles. The summed E-state index contributed by atoms with van der Waals surface area (Å²) in [7, 11) is 0. The van der Waals surface area contributed by atoms with Crippen LogP contribution in [0.25, 0.3) is 0 Å². The molecule has 4 heteroatoms. The second kappa shape index (κ2) is 5.95. The number of nitrogens with one attached hydrogen (secondary N) is 1. The maximum atomic E-state index is 11.2. The highest BCUT2D eigenvalue weighted by Gasteiger charge is 2.15. The molecule has 0 aliphatic rings. The summed E-state index contributed by atoms with van der Waals surface area (Å²) in [5.74, 6) is 0. The fraction of sp³-hybridized carbons (Fsp3) is 0.294. The molecule has 0 aliphatic carbocycles.